The lowest BCUT2D eigenvalue weighted by molar-refractivity contribution is -0.134. The molecule has 0 bridgehead atoms. The first-order valence-corrected chi connectivity index (χ1v) is 1.23. The topological polar surface area (TPSA) is 67.9 Å². The molecule has 5 heteroatoms. The minimum atomic E-state index is 0.319. The highest BCUT2D eigenvalue weighted by atomic mass is 16.7. The Morgan fingerprint density at radius 3 is 2.50 bits per heavy atom. The smallest absolute Gasteiger partial charge is 0.0959 e. The van der Waals surface area contributed by atoms with Crippen LogP contribution in [0.25, 0.3) is 0 Å². The highest BCUT2D eigenvalue weighted by Gasteiger charge is 1.81. The number of nitroso groups, excluding NO2 is 1. The lowest BCUT2D eigenvalue weighted by atomic mass is 11.7. The summed E-state index contributed by atoms with van der Waals surface area (Å²) in [7, 11) is 1.24. The van der Waals surface area contributed by atoms with Crippen LogP contribution in [0.3, 0.4) is 0 Å². The Morgan fingerprint density at radius 2 is 2.50 bits per heavy atom. The molecule has 0 aromatic heterocycles. The molecule has 0 fully saturated rings. The molecule has 2 N–H and O–H groups in total. The zero-order chi connectivity index (χ0) is 4.99. The van der Waals surface area contributed by atoms with Crippen LogP contribution in [0.15, 0.2) is 5.29 Å². The SMILES string of the molecule is CON(N)N=O. The van der Waals surface area contributed by atoms with Crippen molar-refractivity contribution in [1.82, 2.24) is 5.28 Å². The number of nitrogens with zero attached hydrogens (tertiary/aromatic N) is 2. The molecule has 0 rings (SSSR count). The summed E-state index contributed by atoms with van der Waals surface area (Å²) >= 11 is 0. The number of hydrazine groups is 1. The predicted octanol–water partition coefficient (Wildman–Crippen LogP) is -0.595. The second-order valence-corrected chi connectivity index (χ2v) is 0.567. The van der Waals surface area contributed by atoms with Crippen molar-refractivity contribution in [2.75, 3.05) is 7.11 Å². The molecule has 0 saturated carbocycles. The molecule has 0 aliphatic carbocycles. The predicted molar refractivity (Wildman–Crippen MR) is 18.8 cm³/mol. The number of rotatable bonds is 2. The molecule has 5 nitrogen and oxygen atoms in total. The molecule has 0 atom stereocenters. The number of hydrogen-bond donors (Lipinski definition) is 1. The first-order chi connectivity index (χ1) is 2.81. The van der Waals surface area contributed by atoms with Crippen molar-refractivity contribution in [1.29, 1.82) is 0 Å². The summed E-state index contributed by atoms with van der Waals surface area (Å²) in [4.78, 5) is 13.2. The van der Waals surface area contributed by atoms with Crippen molar-refractivity contribution in [3.8, 4) is 0 Å². The maximum absolute atomic E-state index is 9.16. The maximum atomic E-state index is 9.16. The fraction of sp³-hybridized carbons (Fsp3) is 1.00. The molecule has 0 aromatic carbocycles. The molecule has 0 heterocycles. The average molecular weight is 91.1 g/mol. The fourth-order valence-corrected chi connectivity index (χ4v) is 0.0333. The van der Waals surface area contributed by atoms with E-state index in [0.29, 0.717) is 5.28 Å². The minimum Gasteiger partial charge on any atom is -0.243 e. The van der Waals surface area contributed by atoms with E-state index in [4.69, 9.17) is 4.91 Å². The summed E-state index contributed by atoms with van der Waals surface area (Å²) in [5.41, 5.74) is 0. The normalized spacial score (nSPS) is 7.67. The Bertz CT molecular complexity index is 46.1. The molecule has 0 radical (unpaired) electrons. The third kappa shape index (κ3) is 1.62. The second-order valence-electron chi connectivity index (χ2n) is 0.567. The van der Waals surface area contributed by atoms with Gasteiger partial charge in [0, 0.05) is 0 Å². The van der Waals surface area contributed by atoms with E-state index in [-0.39, 0.29) is 0 Å². The molecule has 6 heavy (non-hydrogen) atoms. The lowest BCUT2D eigenvalue weighted by Gasteiger charge is -1.98. The lowest BCUT2D eigenvalue weighted by Crippen LogP contribution is -2.22. The van der Waals surface area contributed by atoms with Gasteiger partial charge in [-0.1, -0.05) is 5.28 Å². The van der Waals surface area contributed by atoms with Gasteiger partial charge in [0.1, 0.15) is 0 Å². The van der Waals surface area contributed by atoms with Crippen LogP contribution in [0, 0.1) is 4.91 Å². The average Bonchev–Trinajstić information content (AvgIpc) is 1.65. The largest absolute Gasteiger partial charge is 0.243 e. The molecular formula is CH5N3O2. The van der Waals surface area contributed by atoms with E-state index in [1.807, 2.05) is 0 Å². The zero-order valence-corrected chi connectivity index (χ0v) is 3.29. The van der Waals surface area contributed by atoms with Crippen LogP contribution in [0.2, 0.25) is 0 Å². The van der Waals surface area contributed by atoms with Crippen molar-refractivity contribution in [3.63, 3.8) is 0 Å². The Labute approximate surface area is 34.5 Å². The van der Waals surface area contributed by atoms with Crippen molar-refractivity contribution < 1.29 is 4.84 Å². The standard InChI is InChI=1S/CH5N3O2/c1-6-4(2)3-5/h2H2,1H3. The van der Waals surface area contributed by atoms with Crippen LogP contribution in [0.4, 0.5) is 0 Å². The van der Waals surface area contributed by atoms with Gasteiger partial charge in [-0.25, -0.2) is 10.7 Å². The minimum absolute atomic E-state index is 0.319. The van der Waals surface area contributed by atoms with Gasteiger partial charge in [0.2, 0.25) is 0 Å². The summed E-state index contributed by atoms with van der Waals surface area (Å²) in [5.74, 6) is 4.60. The summed E-state index contributed by atoms with van der Waals surface area (Å²) in [6.45, 7) is 0. The van der Waals surface area contributed by atoms with Crippen LogP contribution in [-0.4, -0.2) is 12.4 Å². The third-order valence-electron chi connectivity index (χ3n) is 0.268. The van der Waals surface area contributed by atoms with Crippen molar-refractivity contribution in [3.05, 3.63) is 4.91 Å². The van der Waals surface area contributed by atoms with E-state index < -0.39 is 0 Å². The molecule has 36 valence electrons. The van der Waals surface area contributed by atoms with Gasteiger partial charge >= 0.3 is 0 Å². The van der Waals surface area contributed by atoms with Gasteiger partial charge in [-0.3, -0.25) is 0 Å². The van der Waals surface area contributed by atoms with Gasteiger partial charge in [-0.15, -0.1) is 4.91 Å². The van der Waals surface area contributed by atoms with Gasteiger partial charge in [0.05, 0.1) is 12.4 Å². The maximum Gasteiger partial charge on any atom is 0.0959 e. The summed E-state index contributed by atoms with van der Waals surface area (Å²) in [5, 5.41) is 2.47. The van der Waals surface area contributed by atoms with Crippen LogP contribution in [0.5, 0.6) is 0 Å². The van der Waals surface area contributed by atoms with E-state index in [0.717, 1.165) is 0 Å². The number of hydrogen-bond acceptors (Lipinski definition) is 4. The molecule has 0 spiro atoms. The first-order valence-electron chi connectivity index (χ1n) is 1.23. The Morgan fingerprint density at radius 1 is 2.00 bits per heavy atom. The first kappa shape index (κ1) is 5.32. The number of nitrogens with two attached hydrogens (primary N) is 1. The summed E-state index contributed by atoms with van der Waals surface area (Å²) in [6, 6.07) is 0. The van der Waals surface area contributed by atoms with Crippen molar-refractivity contribution in [2.45, 2.75) is 0 Å². The van der Waals surface area contributed by atoms with Gasteiger partial charge in [-0.05, 0) is 0 Å². The summed E-state index contributed by atoms with van der Waals surface area (Å²) < 4.78 is 0. The molecule has 0 aliphatic heterocycles. The molecule has 0 aliphatic rings. The van der Waals surface area contributed by atoms with Crippen LogP contribution in [-0.2, 0) is 4.84 Å². The Balaban J connectivity index is 2.96. The monoisotopic (exact) mass is 91.0 g/mol. The Hall–Kier alpha value is -0.680. The van der Waals surface area contributed by atoms with Crippen molar-refractivity contribution in [2.24, 2.45) is 11.1 Å². The quantitative estimate of drug-likeness (QED) is 0.280. The fourth-order valence-electron chi connectivity index (χ4n) is 0.0333. The molecule has 0 amide bonds. The van der Waals surface area contributed by atoms with Gasteiger partial charge in [0.15, 0.2) is 0 Å². The summed E-state index contributed by atoms with van der Waals surface area (Å²) in [6.07, 6.45) is 0. The molecular weight excluding hydrogens is 86.0 g/mol. The Kier molecular flexibility index (Phi) is 2.26. The van der Waals surface area contributed by atoms with Gasteiger partial charge in [0.25, 0.3) is 0 Å². The van der Waals surface area contributed by atoms with Crippen molar-refractivity contribution >= 4 is 0 Å². The molecule has 0 aromatic rings. The van der Waals surface area contributed by atoms with Gasteiger partial charge < -0.3 is 0 Å². The highest BCUT2D eigenvalue weighted by Crippen LogP contribution is 1.69. The molecule has 0 unspecified atom stereocenters. The second kappa shape index (κ2) is 2.55. The third-order valence-corrected chi connectivity index (χ3v) is 0.268. The van der Waals surface area contributed by atoms with Crippen LogP contribution >= 0.6 is 0 Å². The van der Waals surface area contributed by atoms with E-state index in [1.165, 1.54) is 7.11 Å². The van der Waals surface area contributed by atoms with Crippen LogP contribution < -0.4 is 5.84 Å². The van der Waals surface area contributed by atoms with E-state index in [1.54, 1.807) is 0 Å². The van der Waals surface area contributed by atoms with E-state index in [2.05, 4.69) is 16.0 Å². The van der Waals surface area contributed by atoms with E-state index in [9.17, 15) is 0 Å². The molecule has 0 saturated heterocycles. The van der Waals surface area contributed by atoms with E-state index >= 15 is 0 Å². The zero-order valence-electron chi connectivity index (χ0n) is 3.29. The highest BCUT2D eigenvalue weighted by molar-refractivity contribution is 4.04. The van der Waals surface area contributed by atoms with Gasteiger partial charge in [-0.2, -0.15) is 0 Å². The van der Waals surface area contributed by atoms with Crippen LogP contribution in [0.1, 0.15) is 0 Å².